The first-order valence-corrected chi connectivity index (χ1v) is 8.33. The summed E-state index contributed by atoms with van der Waals surface area (Å²) in [4.78, 5) is 21.1. The van der Waals surface area contributed by atoms with Gasteiger partial charge < -0.3 is 10.6 Å². The van der Waals surface area contributed by atoms with E-state index in [1.165, 1.54) is 5.56 Å². The van der Waals surface area contributed by atoms with Crippen LogP contribution < -0.4 is 10.6 Å². The van der Waals surface area contributed by atoms with Crippen molar-refractivity contribution in [3.8, 4) is 0 Å². The number of aromatic nitrogens is 2. The van der Waals surface area contributed by atoms with Crippen LogP contribution in [-0.2, 0) is 0 Å². The normalized spacial score (nSPS) is 10.8. The van der Waals surface area contributed by atoms with E-state index in [-0.39, 0.29) is 5.91 Å². The Morgan fingerprint density at radius 1 is 1.12 bits per heavy atom. The first-order chi connectivity index (χ1) is 11.3. The average Bonchev–Trinajstić information content (AvgIpc) is 2.49. The van der Waals surface area contributed by atoms with Crippen LogP contribution in [0.3, 0.4) is 0 Å². The second-order valence-corrected chi connectivity index (χ2v) is 6.57. The molecule has 1 heterocycles. The second-order valence-electron chi connectivity index (χ2n) is 6.57. The highest BCUT2D eigenvalue weighted by molar-refractivity contribution is 6.03. The van der Waals surface area contributed by atoms with Crippen LogP contribution in [0.2, 0.25) is 0 Å². The first-order valence-electron chi connectivity index (χ1n) is 8.33. The lowest BCUT2D eigenvalue weighted by Crippen LogP contribution is -2.17. The van der Waals surface area contributed by atoms with E-state index in [0.717, 1.165) is 24.2 Å². The molecule has 1 aromatic carbocycles. The summed E-state index contributed by atoms with van der Waals surface area (Å²) in [5.41, 5.74) is 3.37. The van der Waals surface area contributed by atoms with Gasteiger partial charge in [0.1, 0.15) is 17.3 Å². The predicted molar refractivity (Wildman–Crippen MR) is 98.6 cm³/mol. The zero-order chi connectivity index (χ0) is 17.7. The van der Waals surface area contributed by atoms with Gasteiger partial charge in [0.15, 0.2) is 0 Å². The van der Waals surface area contributed by atoms with Gasteiger partial charge in [-0.25, -0.2) is 9.97 Å². The summed E-state index contributed by atoms with van der Waals surface area (Å²) in [6.45, 7) is 11.0. The molecular weight excluding hydrogens is 300 g/mol. The van der Waals surface area contributed by atoms with E-state index in [4.69, 9.17) is 0 Å². The number of carbonyl (C=O) groups is 1. The standard InChI is InChI=1S/C19H26N4O/c1-12(2)8-9-20-18-11-17(21-15(5)22-18)19(24)23-16-7-6-13(3)10-14(16)4/h6-7,10-12H,8-9H2,1-5H3,(H,23,24)(H,20,21,22). The molecular formula is C19H26N4O. The maximum absolute atomic E-state index is 12.5. The van der Waals surface area contributed by atoms with Gasteiger partial charge >= 0.3 is 0 Å². The van der Waals surface area contributed by atoms with Gasteiger partial charge in [0.05, 0.1) is 0 Å². The number of aryl methyl sites for hydroxylation is 3. The SMILES string of the molecule is Cc1ccc(NC(=O)c2cc(NCCC(C)C)nc(C)n2)c(C)c1. The van der Waals surface area contributed by atoms with Crippen molar-refractivity contribution in [3.05, 3.63) is 46.9 Å². The lowest BCUT2D eigenvalue weighted by Gasteiger charge is -2.11. The molecule has 0 saturated carbocycles. The van der Waals surface area contributed by atoms with Gasteiger partial charge in [-0.3, -0.25) is 4.79 Å². The summed E-state index contributed by atoms with van der Waals surface area (Å²) in [5, 5.41) is 6.19. The van der Waals surface area contributed by atoms with E-state index < -0.39 is 0 Å². The molecule has 5 heteroatoms. The third-order valence-electron chi connectivity index (χ3n) is 3.73. The summed E-state index contributed by atoms with van der Waals surface area (Å²) in [6.07, 6.45) is 1.05. The Bertz CT molecular complexity index is 725. The van der Waals surface area contributed by atoms with Crippen molar-refractivity contribution in [2.24, 2.45) is 5.92 Å². The lowest BCUT2D eigenvalue weighted by molar-refractivity contribution is 0.102. The molecule has 0 aliphatic carbocycles. The Morgan fingerprint density at radius 3 is 2.54 bits per heavy atom. The molecule has 1 amide bonds. The fourth-order valence-corrected chi connectivity index (χ4v) is 2.40. The third-order valence-corrected chi connectivity index (χ3v) is 3.73. The van der Waals surface area contributed by atoms with E-state index in [9.17, 15) is 4.79 Å². The molecule has 128 valence electrons. The summed E-state index contributed by atoms with van der Waals surface area (Å²) in [7, 11) is 0. The molecule has 0 spiro atoms. The molecule has 24 heavy (non-hydrogen) atoms. The van der Waals surface area contributed by atoms with Gasteiger partial charge in [-0.15, -0.1) is 0 Å². The highest BCUT2D eigenvalue weighted by Crippen LogP contribution is 2.17. The molecule has 2 aromatic rings. The van der Waals surface area contributed by atoms with Crippen LogP contribution in [0.15, 0.2) is 24.3 Å². The first kappa shape index (κ1) is 17.9. The van der Waals surface area contributed by atoms with Crippen LogP contribution in [0.25, 0.3) is 0 Å². The molecule has 0 aliphatic rings. The fraction of sp³-hybridized carbons (Fsp3) is 0.421. The minimum atomic E-state index is -0.223. The largest absolute Gasteiger partial charge is 0.370 e. The number of amides is 1. The van der Waals surface area contributed by atoms with Gasteiger partial charge in [0.2, 0.25) is 0 Å². The van der Waals surface area contributed by atoms with Crippen LogP contribution in [-0.4, -0.2) is 22.4 Å². The monoisotopic (exact) mass is 326 g/mol. The summed E-state index contributed by atoms with van der Waals surface area (Å²) >= 11 is 0. The van der Waals surface area contributed by atoms with Crippen LogP contribution in [0, 0.1) is 26.7 Å². The van der Waals surface area contributed by atoms with Crippen molar-refractivity contribution in [3.63, 3.8) is 0 Å². The number of nitrogens with one attached hydrogen (secondary N) is 2. The molecule has 2 N–H and O–H groups in total. The van der Waals surface area contributed by atoms with E-state index >= 15 is 0 Å². The zero-order valence-electron chi connectivity index (χ0n) is 15.1. The quantitative estimate of drug-likeness (QED) is 0.838. The van der Waals surface area contributed by atoms with Crippen LogP contribution in [0.4, 0.5) is 11.5 Å². The predicted octanol–water partition coefficient (Wildman–Crippen LogP) is 4.11. The molecule has 0 radical (unpaired) electrons. The Morgan fingerprint density at radius 2 is 1.88 bits per heavy atom. The number of nitrogens with zero attached hydrogens (tertiary/aromatic N) is 2. The minimum Gasteiger partial charge on any atom is -0.370 e. The van der Waals surface area contributed by atoms with E-state index in [0.29, 0.717) is 23.3 Å². The summed E-state index contributed by atoms with van der Waals surface area (Å²) in [5.74, 6) is 1.66. The van der Waals surface area contributed by atoms with Crippen molar-refractivity contribution < 1.29 is 4.79 Å². The van der Waals surface area contributed by atoms with Gasteiger partial charge in [-0.1, -0.05) is 31.5 Å². The molecule has 0 atom stereocenters. The van der Waals surface area contributed by atoms with Gasteiger partial charge in [0.25, 0.3) is 5.91 Å². The molecule has 0 saturated heterocycles. The van der Waals surface area contributed by atoms with Gasteiger partial charge in [-0.05, 0) is 44.7 Å². The number of hydrogen-bond acceptors (Lipinski definition) is 4. The number of benzene rings is 1. The molecule has 2 rings (SSSR count). The molecule has 0 aliphatic heterocycles. The van der Waals surface area contributed by atoms with Crippen molar-refractivity contribution in [2.45, 2.75) is 41.0 Å². The number of hydrogen-bond donors (Lipinski definition) is 2. The Kier molecular flexibility index (Phi) is 5.90. The fourth-order valence-electron chi connectivity index (χ4n) is 2.40. The lowest BCUT2D eigenvalue weighted by atomic mass is 10.1. The molecule has 5 nitrogen and oxygen atoms in total. The van der Waals surface area contributed by atoms with Gasteiger partial charge in [-0.2, -0.15) is 0 Å². The maximum atomic E-state index is 12.5. The number of anilines is 2. The topological polar surface area (TPSA) is 66.9 Å². The average molecular weight is 326 g/mol. The van der Waals surface area contributed by atoms with Crippen molar-refractivity contribution >= 4 is 17.4 Å². The molecule has 0 unspecified atom stereocenters. The molecule has 0 bridgehead atoms. The number of carbonyl (C=O) groups excluding carboxylic acids is 1. The van der Waals surface area contributed by atoms with Crippen LogP contribution in [0.5, 0.6) is 0 Å². The Balaban J connectivity index is 2.12. The number of rotatable bonds is 6. The smallest absolute Gasteiger partial charge is 0.274 e. The van der Waals surface area contributed by atoms with Crippen molar-refractivity contribution in [2.75, 3.05) is 17.2 Å². The van der Waals surface area contributed by atoms with Crippen LogP contribution in [0.1, 0.15) is 47.7 Å². The maximum Gasteiger partial charge on any atom is 0.274 e. The van der Waals surface area contributed by atoms with E-state index in [1.54, 1.807) is 13.0 Å². The highest BCUT2D eigenvalue weighted by Gasteiger charge is 2.12. The molecule has 1 aromatic heterocycles. The Hall–Kier alpha value is -2.43. The van der Waals surface area contributed by atoms with Crippen molar-refractivity contribution in [1.82, 2.24) is 9.97 Å². The summed E-state index contributed by atoms with van der Waals surface area (Å²) < 4.78 is 0. The zero-order valence-corrected chi connectivity index (χ0v) is 15.1. The second kappa shape index (κ2) is 7.90. The minimum absolute atomic E-state index is 0.223. The van der Waals surface area contributed by atoms with Gasteiger partial charge in [0, 0.05) is 18.3 Å². The third kappa shape index (κ3) is 5.05. The van der Waals surface area contributed by atoms with E-state index in [1.807, 2.05) is 32.0 Å². The molecule has 0 fully saturated rings. The summed E-state index contributed by atoms with van der Waals surface area (Å²) in [6, 6.07) is 7.64. The highest BCUT2D eigenvalue weighted by atomic mass is 16.1. The van der Waals surface area contributed by atoms with Crippen molar-refractivity contribution in [1.29, 1.82) is 0 Å². The van der Waals surface area contributed by atoms with Crippen LogP contribution >= 0.6 is 0 Å². The Labute approximate surface area is 143 Å². The van der Waals surface area contributed by atoms with E-state index in [2.05, 4.69) is 34.4 Å².